The quantitative estimate of drug-likeness (QED) is 0.362. The van der Waals surface area contributed by atoms with Crippen LogP contribution in [0.3, 0.4) is 0 Å². The molecule has 1 atom stereocenters. The molecule has 4 aromatic rings. The van der Waals surface area contributed by atoms with E-state index in [4.69, 9.17) is 10.1 Å². The molecule has 1 aromatic carbocycles. The Hall–Kier alpha value is -4.27. The number of hydrogen-bond acceptors (Lipinski definition) is 6. The van der Waals surface area contributed by atoms with Crippen LogP contribution in [0, 0.1) is 6.92 Å². The molecule has 3 heterocycles. The Morgan fingerprint density at radius 1 is 1.15 bits per heavy atom. The number of carboxylic acids is 1. The lowest BCUT2D eigenvalue weighted by Crippen LogP contribution is -2.15. The third kappa shape index (κ3) is 5.20. The number of aliphatic carboxylic acids is 1. The summed E-state index contributed by atoms with van der Waals surface area (Å²) in [6.45, 7) is 3.81. The van der Waals surface area contributed by atoms with Crippen LogP contribution < -0.4 is 10.6 Å². The van der Waals surface area contributed by atoms with Crippen LogP contribution in [0.2, 0.25) is 0 Å². The molecule has 9 nitrogen and oxygen atoms in total. The summed E-state index contributed by atoms with van der Waals surface area (Å²) in [7, 11) is 1.94. The van der Waals surface area contributed by atoms with Gasteiger partial charge in [0.2, 0.25) is 11.9 Å². The maximum Gasteiger partial charge on any atom is 0.303 e. The number of anilines is 3. The Labute approximate surface area is 196 Å². The molecule has 0 saturated heterocycles. The van der Waals surface area contributed by atoms with Gasteiger partial charge in [-0.3, -0.25) is 14.6 Å². The van der Waals surface area contributed by atoms with E-state index in [2.05, 4.69) is 20.6 Å². The number of nitrogens with zero attached hydrogens (tertiary/aromatic N) is 4. The zero-order chi connectivity index (χ0) is 24.2. The van der Waals surface area contributed by atoms with E-state index in [0.717, 1.165) is 33.4 Å². The maximum absolute atomic E-state index is 12.6. The van der Waals surface area contributed by atoms with Crippen molar-refractivity contribution >= 4 is 40.4 Å². The average Bonchev–Trinajstić information content (AvgIpc) is 3.10. The first kappa shape index (κ1) is 22.9. The van der Waals surface area contributed by atoms with E-state index >= 15 is 0 Å². The largest absolute Gasteiger partial charge is 0.481 e. The van der Waals surface area contributed by atoms with Gasteiger partial charge in [0.1, 0.15) is 5.82 Å². The van der Waals surface area contributed by atoms with Gasteiger partial charge in [-0.1, -0.05) is 19.1 Å². The number of rotatable bonds is 8. The number of carbonyl (C=O) groups excluding carboxylic acids is 1. The maximum atomic E-state index is 12.6. The minimum atomic E-state index is -0.856. The van der Waals surface area contributed by atoms with E-state index in [1.54, 1.807) is 30.7 Å². The highest BCUT2D eigenvalue weighted by molar-refractivity contribution is 5.92. The van der Waals surface area contributed by atoms with Crippen LogP contribution in [0.1, 0.15) is 36.0 Å². The van der Waals surface area contributed by atoms with Crippen LogP contribution in [0.4, 0.5) is 17.5 Å². The highest BCUT2D eigenvalue weighted by Gasteiger charge is 2.13. The van der Waals surface area contributed by atoms with Gasteiger partial charge < -0.3 is 20.3 Å². The second kappa shape index (κ2) is 9.70. The summed E-state index contributed by atoms with van der Waals surface area (Å²) in [6.07, 6.45) is 5.33. The topological polar surface area (TPSA) is 122 Å². The van der Waals surface area contributed by atoms with Crippen LogP contribution in [-0.2, 0) is 23.1 Å². The van der Waals surface area contributed by atoms with E-state index in [0.29, 0.717) is 11.8 Å². The Morgan fingerprint density at radius 3 is 2.68 bits per heavy atom. The van der Waals surface area contributed by atoms with Gasteiger partial charge in [-0.25, -0.2) is 9.97 Å². The lowest BCUT2D eigenvalue weighted by Gasteiger charge is -2.10. The van der Waals surface area contributed by atoms with Gasteiger partial charge in [0.05, 0.1) is 23.9 Å². The molecule has 0 radical (unpaired) electrons. The van der Waals surface area contributed by atoms with Crippen LogP contribution >= 0.6 is 0 Å². The van der Waals surface area contributed by atoms with Gasteiger partial charge in [-0.2, -0.15) is 0 Å². The van der Waals surface area contributed by atoms with Gasteiger partial charge in [0.25, 0.3) is 0 Å². The molecule has 0 aliphatic heterocycles. The van der Waals surface area contributed by atoms with E-state index in [1.807, 2.05) is 49.7 Å². The van der Waals surface area contributed by atoms with Crippen LogP contribution in [0.5, 0.6) is 0 Å². The predicted molar refractivity (Wildman–Crippen MR) is 130 cm³/mol. The Morgan fingerprint density at radius 2 is 1.97 bits per heavy atom. The van der Waals surface area contributed by atoms with Gasteiger partial charge in [-0.15, -0.1) is 0 Å². The molecule has 0 fully saturated rings. The molecule has 1 amide bonds. The first-order valence-electron chi connectivity index (χ1n) is 10.9. The van der Waals surface area contributed by atoms with E-state index in [9.17, 15) is 9.59 Å². The fourth-order valence-electron chi connectivity index (χ4n) is 3.72. The van der Waals surface area contributed by atoms with Crippen molar-refractivity contribution in [3.63, 3.8) is 0 Å². The molecular weight excluding hydrogens is 432 g/mol. The van der Waals surface area contributed by atoms with Crippen molar-refractivity contribution in [3.8, 4) is 0 Å². The minimum absolute atomic E-state index is 0.0305. The lowest BCUT2D eigenvalue weighted by atomic mass is 10.00. The van der Waals surface area contributed by atoms with Crippen molar-refractivity contribution in [2.75, 3.05) is 10.6 Å². The summed E-state index contributed by atoms with van der Waals surface area (Å²) in [4.78, 5) is 36.5. The smallest absolute Gasteiger partial charge is 0.303 e. The average molecular weight is 459 g/mol. The van der Waals surface area contributed by atoms with Crippen LogP contribution in [0.25, 0.3) is 11.0 Å². The summed E-state index contributed by atoms with van der Waals surface area (Å²) in [5.41, 5.74) is 5.34. The number of hydrogen-bond donors (Lipinski definition) is 3. The van der Waals surface area contributed by atoms with Crippen LogP contribution in [-0.4, -0.2) is 36.5 Å². The number of aryl methyl sites for hydroxylation is 2. The van der Waals surface area contributed by atoms with Gasteiger partial charge >= 0.3 is 5.97 Å². The van der Waals surface area contributed by atoms with Crippen LogP contribution in [0.15, 0.2) is 55.0 Å². The molecule has 0 spiro atoms. The normalized spacial score (nSPS) is 11.9. The zero-order valence-electron chi connectivity index (χ0n) is 19.2. The predicted octanol–water partition coefficient (Wildman–Crippen LogP) is 4.17. The van der Waals surface area contributed by atoms with Crippen molar-refractivity contribution < 1.29 is 14.7 Å². The molecule has 3 aromatic heterocycles. The molecule has 174 valence electrons. The fourth-order valence-corrected chi connectivity index (χ4v) is 3.72. The van der Waals surface area contributed by atoms with E-state index < -0.39 is 5.97 Å². The molecule has 3 N–H and O–H groups in total. The second-order valence-electron chi connectivity index (χ2n) is 8.33. The third-order valence-corrected chi connectivity index (χ3v) is 5.68. The highest BCUT2D eigenvalue weighted by Crippen LogP contribution is 2.24. The molecule has 4 rings (SSSR count). The van der Waals surface area contributed by atoms with Crippen molar-refractivity contribution in [1.29, 1.82) is 0 Å². The molecule has 9 heteroatoms. The molecule has 34 heavy (non-hydrogen) atoms. The third-order valence-electron chi connectivity index (χ3n) is 5.68. The van der Waals surface area contributed by atoms with E-state index in [-0.39, 0.29) is 24.7 Å². The molecule has 0 bridgehead atoms. The SMILES string of the molecule is Cc1cnccc1Nc1nc2cc(CC(=O)Nc3ccc(C(C)CC(=O)O)cn3)ccc2n1C. The number of carbonyl (C=O) groups is 2. The number of imidazole rings is 1. The molecule has 0 aliphatic rings. The summed E-state index contributed by atoms with van der Waals surface area (Å²) >= 11 is 0. The Bertz CT molecular complexity index is 1350. The Balaban J connectivity index is 1.43. The lowest BCUT2D eigenvalue weighted by molar-refractivity contribution is -0.137. The molecule has 0 saturated carbocycles. The van der Waals surface area contributed by atoms with E-state index in [1.165, 1.54) is 0 Å². The monoisotopic (exact) mass is 458 g/mol. The summed E-state index contributed by atoms with van der Waals surface area (Å²) in [5.74, 6) is -0.0755. The Kier molecular flexibility index (Phi) is 6.53. The molecule has 0 aliphatic carbocycles. The summed E-state index contributed by atoms with van der Waals surface area (Å²) in [6, 6.07) is 11.1. The van der Waals surface area contributed by atoms with Crippen molar-refractivity contribution in [3.05, 3.63) is 71.7 Å². The van der Waals surface area contributed by atoms with Gasteiger partial charge in [0, 0.05) is 31.3 Å². The van der Waals surface area contributed by atoms with Crippen molar-refractivity contribution in [2.24, 2.45) is 7.05 Å². The first-order valence-corrected chi connectivity index (χ1v) is 10.9. The number of fused-ring (bicyclic) bond motifs is 1. The molecule has 1 unspecified atom stereocenters. The zero-order valence-corrected chi connectivity index (χ0v) is 19.2. The summed E-state index contributed by atoms with van der Waals surface area (Å²) in [5, 5.41) is 15.1. The summed E-state index contributed by atoms with van der Waals surface area (Å²) < 4.78 is 1.97. The minimum Gasteiger partial charge on any atom is -0.481 e. The number of benzene rings is 1. The number of nitrogens with one attached hydrogen (secondary N) is 2. The van der Waals surface area contributed by atoms with Gasteiger partial charge in [-0.05, 0) is 53.8 Å². The molecular formula is C25H26N6O3. The fraction of sp³-hybridized carbons (Fsp3) is 0.240. The number of aromatic nitrogens is 4. The second-order valence-corrected chi connectivity index (χ2v) is 8.33. The number of pyridine rings is 2. The van der Waals surface area contributed by atoms with Gasteiger partial charge in [0.15, 0.2) is 0 Å². The highest BCUT2D eigenvalue weighted by atomic mass is 16.4. The standard InChI is InChI=1S/C25H26N6O3/c1-15(10-24(33)34)18-5-7-22(27-14-18)30-23(32)12-17-4-6-21-20(11-17)29-25(31(21)3)28-19-8-9-26-13-16(19)2/h4-9,11,13-15H,10,12H2,1-3H3,(H,33,34)(H,26,28,29)(H,27,30,32). The number of carboxylic acid groups (broad SMARTS) is 1. The van der Waals surface area contributed by atoms with Crippen molar-refractivity contribution in [2.45, 2.75) is 32.6 Å². The number of amides is 1. The first-order chi connectivity index (χ1) is 16.3. The van der Waals surface area contributed by atoms with Crippen molar-refractivity contribution in [1.82, 2.24) is 19.5 Å².